The average Bonchev–Trinajstić information content (AvgIpc) is 2.41. The van der Waals surface area contributed by atoms with Crippen LogP contribution in [0.5, 0.6) is 0 Å². The molecule has 0 aromatic heterocycles. The predicted octanol–water partition coefficient (Wildman–Crippen LogP) is 3.08. The van der Waals surface area contributed by atoms with E-state index in [1.54, 1.807) is 19.1 Å². The zero-order valence-electron chi connectivity index (χ0n) is 12.5. The van der Waals surface area contributed by atoms with Crippen molar-refractivity contribution in [2.24, 2.45) is 0 Å². The molecule has 3 nitrogen and oxygen atoms in total. The summed E-state index contributed by atoms with van der Waals surface area (Å²) in [6, 6.07) is 6.74. The van der Waals surface area contributed by atoms with Crippen LogP contribution in [0.3, 0.4) is 0 Å². The highest BCUT2D eigenvalue weighted by molar-refractivity contribution is 5.70. The fourth-order valence-electron chi connectivity index (χ4n) is 2.04. The van der Waals surface area contributed by atoms with Crippen LogP contribution in [0.15, 0.2) is 24.3 Å². The van der Waals surface area contributed by atoms with Gasteiger partial charge in [-0.3, -0.25) is 4.79 Å². The van der Waals surface area contributed by atoms with E-state index in [9.17, 15) is 9.18 Å². The third-order valence-electron chi connectivity index (χ3n) is 3.25. The van der Waals surface area contributed by atoms with Crippen LogP contribution in [-0.2, 0) is 16.0 Å². The molecule has 0 aliphatic rings. The fourth-order valence-corrected chi connectivity index (χ4v) is 2.04. The maximum Gasteiger partial charge on any atom is 0.307 e. The zero-order valence-corrected chi connectivity index (χ0v) is 12.5. The molecule has 1 aromatic carbocycles. The van der Waals surface area contributed by atoms with Crippen molar-refractivity contribution < 1.29 is 13.9 Å². The quantitative estimate of drug-likeness (QED) is 0.744. The van der Waals surface area contributed by atoms with Crippen molar-refractivity contribution in [2.45, 2.75) is 52.1 Å². The van der Waals surface area contributed by atoms with E-state index in [1.807, 2.05) is 0 Å². The lowest BCUT2D eigenvalue weighted by Crippen LogP contribution is -2.39. The third kappa shape index (κ3) is 6.15. The number of benzene rings is 1. The van der Waals surface area contributed by atoms with Gasteiger partial charge in [0.05, 0.1) is 13.0 Å². The van der Waals surface area contributed by atoms with Crippen LogP contribution in [0, 0.1) is 5.82 Å². The Hall–Kier alpha value is -1.42. The number of hydrogen-bond acceptors (Lipinski definition) is 3. The van der Waals surface area contributed by atoms with Gasteiger partial charge in [0, 0.05) is 12.1 Å². The van der Waals surface area contributed by atoms with E-state index in [2.05, 4.69) is 19.2 Å². The number of ether oxygens (including phenoxy) is 1. The summed E-state index contributed by atoms with van der Waals surface area (Å²) in [6.07, 6.45) is 2.00. The highest BCUT2D eigenvalue weighted by atomic mass is 19.1. The number of carbonyl (C=O) groups is 1. The van der Waals surface area contributed by atoms with E-state index in [1.165, 1.54) is 12.1 Å². The highest BCUT2D eigenvalue weighted by Crippen LogP contribution is 2.10. The number of nitrogens with one attached hydrogen (secondary N) is 1. The Kier molecular flexibility index (Phi) is 7.23. The first-order chi connectivity index (χ1) is 9.55. The number of hydrogen-bond donors (Lipinski definition) is 1. The predicted molar refractivity (Wildman–Crippen MR) is 78.0 cm³/mol. The first-order valence-corrected chi connectivity index (χ1v) is 7.21. The summed E-state index contributed by atoms with van der Waals surface area (Å²) in [5.74, 6) is -0.444. The Morgan fingerprint density at radius 2 is 1.95 bits per heavy atom. The van der Waals surface area contributed by atoms with Crippen LogP contribution in [0.25, 0.3) is 0 Å². The lowest BCUT2D eigenvalue weighted by molar-refractivity contribution is -0.143. The van der Waals surface area contributed by atoms with Gasteiger partial charge in [-0.15, -0.1) is 0 Å². The van der Waals surface area contributed by atoms with Gasteiger partial charge in [0.15, 0.2) is 0 Å². The van der Waals surface area contributed by atoms with Gasteiger partial charge < -0.3 is 10.1 Å². The van der Waals surface area contributed by atoms with E-state index in [0.717, 1.165) is 12.0 Å². The van der Waals surface area contributed by atoms with Gasteiger partial charge in [0.2, 0.25) is 0 Å². The minimum Gasteiger partial charge on any atom is -0.466 e. The van der Waals surface area contributed by atoms with Crippen LogP contribution < -0.4 is 5.32 Å². The van der Waals surface area contributed by atoms with Gasteiger partial charge in [-0.05, 0) is 44.4 Å². The molecular formula is C16H24FNO2. The monoisotopic (exact) mass is 281 g/mol. The molecule has 0 aliphatic carbocycles. The van der Waals surface area contributed by atoms with Crippen molar-refractivity contribution in [3.05, 3.63) is 35.6 Å². The summed E-state index contributed by atoms with van der Waals surface area (Å²) in [5.41, 5.74) is 1.01. The first-order valence-electron chi connectivity index (χ1n) is 7.21. The van der Waals surface area contributed by atoms with Crippen LogP contribution in [-0.4, -0.2) is 24.7 Å². The van der Waals surface area contributed by atoms with E-state index in [4.69, 9.17) is 4.74 Å². The Morgan fingerprint density at radius 3 is 2.50 bits per heavy atom. The number of carbonyl (C=O) groups excluding carboxylic acids is 1. The lowest BCUT2D eigenvalue weighted by Gasteiger charge is -2.22. The summed E-state index contributed by atoms with van der Waals surface area (Å²) in [5, 5.41) is 3.42. The molecule has 0 bridgehead atoms. The van der Waals surface area contributed by atoms with Crippen LogP contribution >= 0.6 is 0 Å². The molecule has 1 rings (SSSR count). The summed E-state index contributed by atoms with van der Waals surface area (Å²) in [7, 11) is 0. The molecule has 0 saturated heterocycles. The van der Waals surface area contributed by atoms with Gasteiger partial charge in [-0.25, -0.2) is 4.39 Å². The van der Waals surface area contributed by atoms with Gasteiger partial charge in [0.1, 0.15) is 5.82 Å². The van der Waals surface area contributed by atoms with Crippen molar-refractivity contribution in [1.82, 2.24) is 5.32 Å². The number of esters is 1. The molecule has 0 heterocycles. The number of rotatable bonds is 8. The first kappa shape index (κ1) is 16.6. The molecule has 0 aliphatic heterocycles. The highest BCUT2D eigenvalue weighted by Gasteiger charge is 2.17. The van der Waals surface area contributed by atoms with Crippen molar-refractivity contribution in [1.29, 1.82) is 0 Å². The van der Waals surface area contributed by atoms with E-state index < -0.39 is 0 Å². The molecule has 0 spiro atoms. The lowest BCUT2D eigenvalue weighted by atomic mass is 10.0. The Morgan fingerprint density at radius 1 is 1.30 bits per heavy atom. The minimum atomic E-state index is -0.245. The van der Waals surface area contributed by atoms with Crippen molar-refractivity contribution in [3.63, 3.8) is 0 Å². The molecular weight excluding hydrogens is 257 g/mol. The van der Waals surface area contributed by atoms with Crippen molar-refractivity contribution in [2.75, 3.05) is 6.61 Å². The maximum atomic E-state index is 12.9. The van der Waals surface area contributed by atoms with Crippen LogP contribution in [0.4, 0.5) is 4.39 Å². The van der Waals surface area contributed by atoms with Crippen LogP contribution in [0.2, 0.25) is 0 Å². The fraction of sp³-hybridized carbons (Fsp3) is 0.562. The van der Waals surface area contributed by atoms with Gasteiger partial charge in [-0.2, -0.15) is 0 Å². The largest absolute Gasteiger partial charge is 0.466 e. The van der Waals surface area contributed by atoms with E-state index >= 15 is 0 Å². The normalized spacial score (nSPS) is 13.8. The van der Waals surface area contributed by atoms with E-state index in [-0.39, 0.29) is 17.8 Å². The Labute approximate surface area is 120 Å². The maximum absolute atomic E-state index is 12.9. The summed E-state index contributed by atoms with van der Waals surface area (Å²) < 4.78 is 17.9. The SMILES string of the molecule is CCOC(=O)CC(Cc1ccc(F)cc1)NC(C)CC. The van der Waals surface area contributed by atoms with Gasteiger partial charge in [-0.1, -0.05) is 19.1 Å². The molecule has 1 aromatic rings. The molecule has 20 heavy (non-hydrogen) atoms. The summed E-state index contributed by atoms with van der Waals surface area (Å²) in [6.45, 7) is 6.38. The minimum absolute atomic E-state index is 0.00876. The molecule has 4 heteroatoms. The van der Waals surface area contributed by atoms with Crippen molar-refractivity contribution >= 4 is 5.97 Å². The second kappa shape index (κ2) is 8.69. The molecule has 0 fully saturated rings. The second-order valence-electron chi connectivity index (χ2n) is 5.01. The van der Waals surface area contributed by atoms with Crippen molar-refractivity contribution in [3.8, 4) is 0 Å². The van der Waals surface area contributed by atoms with Gasteiger partial charge >= 0.3 is 5.97 Å². The molecule has 0 amide bonds. The van der Waals surface area contributed by atoms with Gasteiger partial charge in [0.25, 0.3) is 0 Å². The standard InChI is InChI=1S/C16H24FNO2/c1-4-12(3)18-15(11-16(19)20-5-2)10-13-6-8-14(17)9-7-13/h6-9,12,15,18H,4-5,10-11H2,1-3H3. The molecule has 2 atom stereocenters. The zero-order chi connectivity index (χ0) is 15.0. The second-order valence-corrected chi connectivity index (χ2v) is 5.01. The van der Waals surface area contributed by atoms with Crippen LogP contribution in [0.1, 0.15) is 39.2 Å². The molecule has 112 valence electrons. The third-order valence-corrected chi connectivity index (χ3v) is 3.25. The Balaban J connectivity index is 2.65. The van der Waals surface area contributed by atoms with E-state index in [0.29, 0.717) is 25.5 Å². The smallest absolute Gasteiger partial charge is 0.307 e. The molecule has 2 unspecified atom stereocenters. The average molecular weight is 281 g/mol. The summed E-state index contributed by atoms with van der Waals surface area (Å²) in [4.78, 5) is 11.6. The molecule has 0 saturated carbocycles. The Bertz CT molecular complexity index is 405. The number of halogens is 1. The topological polar surface area (TPSA) is 38.3 Å². The molecule has 1 N–H and O–H groups in total. The molecule has 0 radical (unpaired) electrons. The summed E-state index contributed by atoms with van der Waals surface area (Å²) >= 11 is 0.